The molecule has 2 heterocycles. The van der Waals surface area contributed by atoms with Gasteiger partial charge in [0, 0.05) is 25.7 Å². The number of carbonyl (C=O) groups is 1. The Morgan fingerprint density at radius 3 is 3.06 bits per heavy atom. The molecule has 1 amide bonds. The first-order valence-electron chi connectivity index (χ1n) is 6.07. The minimum atomic E-state index is 0.0249. The number of hydrogen-bond donors (Lipinski definition) is 1. The van der Waals surface area contributed by atoms with Crippen LogP contribution in [0.2, 0.25) is 5.15 Å². The first kappa shape index (κ1) is 13.1. The van der Waals surface area contributed by atoms with E-state index < -0.39 is 0 Å². The topological polar surface area (TPSA) is 58.1 Å². The standard InChI is InChI=1S/C12H17ClN4O/c1-8-10(13)15-7-16-11(8)17-5-3-4-9(6-17)12(18)14-2/h7,9H,3-6H2,1-2H3,(H,14,18). The average molecular weight is 269 g/mol. The van der Waals surface area contributed by atoms with Gasteiger partial charge in [-0.1, -0.05) is 11.6 Å². The molecule has 1 aliphatic heterocycles. The van der Waals surface area contributed by atoms with Gasteiger partial charge in [0.25, 0.3) is 0 Å². The highest BCUT2D eigenvalue weighted by Crippen LogP contribution is 2.26. The molecule has 1 aromatic rings. The molecule has 1 fully saturated rings. The van der Waals surface area contributed by atoms with Crippen LogP contribution in [0.25, 0.3) is 0 Å². The second kappa shape index (κ2) is 5.52. The van der Waals surface area contributed by atoms with Crippen LogP contribution in [-0.4, -0.2) is 36.0 Å². The van der Waals surface area contributed by atoms with Crippen LogP contribution in [0.15, 0.2) is 6.33 Å². The molecular formula is C12H17ClN4O. The lowest BCUT2D eigenvalue weighted by Gasteiger charge is -2.33. The molecule has 5 nitrogen and oxygen atoms in total. The lowest BCUT2D eigenvalue weighted by molar-refractivity contribution is -0.124. The monoisotopic (exact) mass is 268 g/mol. The molecule has 2 rings (SSSR count). The van der Waals surface area contributed by atoms with Gasteiger partial charge in [0.1, 0.15) is 17.3 Å². The highest BCUT2D eigenvalue weighted by atomic mass is 35.5. The molecule has 1 N–H and O–H groups in total. The van der Waals surface area contributed by atoms with Crippen molar-refractivity contribution in [3.63, 3.8) is 0 Å². The Morgan fingerprint density at radius 1 is 1.56 bits per heavy atom. The molecule has 1 unspecified atom stereocenters. The molecule has 0 radical (unpaired) electrons. The Hall–Kier alpha value is -1.36. The minimum Gasteiger partial charge on any atom is -0.359 e. The summed E-state index contributed by atoms with van der Waals surface area (Å²) in [7, 11) is 1.67. The number of carbonyl (C=O) groups excluding carboxylic acids is 1. The molecule has 0 aromatic carbocycles. The first-order valence-corrected chi connectivity index (χ1v) is 6.45. The summed E-state index contributed by atoms with van der Waals surface area (Å²) in [6.45, 7) is 3.50. The largest absolute Gasteiger partial charge is 0.359 e. The number of rotatable bonds is 2. The van der Waals surface area contributed by atoms with Crippen molar-refractivity contribution >= 4 is 23.3 Å². The normalized spacial score (nSPS) is 19.7. The maximum atomic E-state index is 11.7. The van der Waals surface area contributed by atoms with E-state index in [-0.39, 0.29) is 11.8 Å². The molecule has 0 bridgehead atoms. The summed E-state index contributed by atoms with van der Waals surface area (Å²) in [5.74, 6) is 0.956. The molecule has 0 aliphatic carbocycles. The first-order chi connectivity index (χ1) is 8.63. The number of piperidine rings is 1. The molecule has 1 aromatic heterocycles. The molecule has 0 saturated carbocycles. The highest BCUT2D eigenvalue weighted by molar-refractivity contribution is 6.30. The van der Waals surface area contributed by atoms with E-state index in [1.165, 1.54) is 6.33 Å². The van der Waals surface area contributed by atoms with Gasteiger partial charge in [-0.25, -0.2) is 9.97 Å². The third kappa shape index (κ3) is 2.56. The van der Waals surface area contributed by atoms with Crippen LogP contribution < -0.4 is 10.2 Å². The van der Waals surface area contributed by atoms with Crippen LogP contribution in [0.4, 0.5) is 5.82 Å². The Balaban J connectivity index is 2.18. The molecule has 1 saturated heterocycles. The molecule has 1 atom stereocenters. The fourth-order valence-electron chi connectivity index (χ4n) is 2.33. The lowest BCUT2D eigenvalue weighted by Crippen LogP contribution is -2.42. The summed E-state index contributed by atoms with van der Waals surface area (Å²) >= 11 is 6.00. The van der Waals surface area contributed by atoms with Crippen LogP contribution in [0.1, 0.15) is 18.4 Å². The van der Waals surface area contributed by atoms with Gasteiger partial charge < -0.3 is 10.2 Å². The number of halogens is 1. The van der Waals surface area contributed by atoms with E-state index in [0.717, 1.165) is 30.8 Å². The second-order valence-electron chi connectivity index (χ2n) is 4.51. The zero-order valence-electron chi connectivity index (χ0n) is 10.6. The zero-order valence-corrected chi connectivity index (χ0v) is 11.4. The number of nitrogens with zero attached hydrogens (tertiary/aromatic N) is 3. The van der Waals surface area contributed by atoms with Crippen molar-refractivity contribution in [2.45, 2.75) is 19.8 Å². The van der Waals surface area contributed by atoms with Crippen LogP contribution in [0, 0.1) is 12.8 Å². The van der Waals surface area contributed by atoms with Crippen LogP contribution in [0.5, 0.6) is 0 Å². The molecule has 18 heavy (non-hydrogen) atoms. The number of aromatic nitrogens is 2. The van der Waals surface area contributed by atoms with Gasteiger partial charge in [-0.2, -0.15) is 0 Å². The molecule has 1 aliphatic rings. The molecular weight excluding hydrogens is 252 g/mol. The summed E-state index contributed by atoms with van der Waals surface area (Å²) in [6.07, 6.45) is 3.38. The van der Waals surface area contributed by atoms with E-state index in [4.69, 9.17) is 11.6 Å². The van der Waals surface area contributed by atoms with Crippen molar-refractivity contribution in [3.05, 3.63) is 17.0 Å². The SMILES string of the molecule is CNC(=O)C1CCCN(c2ncnc(Cl)c2C)C1. The van der Waals surface area contributed by atoms with E-state index in [2.05, 4.69) is 20.2 Å². The van der Waals surface area contributed by atoms with Crippen molar-refractivity contribution < 1.29 is 4.79 Å². The van der Waals surface area contributed by atoms with E-state index in [1.807, 2.05) is 6.92 Å². The maximum Gasteiger partial charge on any atom is 0.224 e. The van der Waals surface area contributed by atoms with Crippen molar-refractivity contribution in [3.8, 4) is 0 Å². The maximum absolute atomic E-state index is 11.7. The Labute approximate surface area is 112 Å². The van der Waals surface area contributed by atoms with Gasteiger partial charge in [0.05, 0.1) is 5.92 Å². The summed E-state index contributed by atoms with van der Waals surface area (Å²) < 4.78 is 0. The average Bonchev–Trinajstić information content (AvgIpc) is 2.41. The van der Waals surface area contributed by atoms with Crippen molar-refractivity contribution in [1.29, 1.82) is 0 Å². The number of anilines is 1. The fraction of sp³-hybridized carbons (Fsp3) is 0.583. The molecule has 0 spiro atoms. The third-order valence-corrected chi connectivity index (χ3v) is 3.72. The number of amides is 1. The quantitative estimate of drug-likeness (QED) is 0.824. The van der Waals surface area contributed by atoms with Gasteiger partial charge >= 0.3 is 0 Å². The van der Waals surface area contributed by atoms with Gasteiger partial charge in [-0.05, 0) is 19.8 Å². The third-order valence-electron chi connectivity index (χ3n) is 3.33. The van der Waals surface area contributed by atoms with Crippen molar-refractivity contribution in [2.75, 3.05) is 25.0 Å². The predicted molar refractivity (Wildman–Crippen MR) is 70.8 cm³/mol. The van der Waals surface area contributed by atoms with Crippen LogP contribution >= 0.6 is 11.6 Å². The zero-order chi connectivity index (χ0) is 13.1. The summed E-state index contributed by atoms with van der Waals surface area (Å²) in [6, 6.07) is 0. The Morgan fingerprint density at radius 2 is 2.33 bits per heavy atom. The van der Waals surface area contributed by atoms with E-state index >= 15 is 0 Å². The molecule has 6 heteroatoms. The highest BCUT2D eigenvalue weighted by Gasteiger charge is 2.26. The van der Waals surface area contributed by atoms with Crippen molar-refractivity contribution in [1.82, 2.24) is 15.3 Å². The number of hydrogen-bond acceptors (Lipinski definition) is 4. The second-order valence-corrected chi connectivity index (χ2v) is 4.87. The van der Waals surface area contributed by atoms with Gasteiger partial charge in [-0.3, -0.25) is 4.79 Å². The smallest absolute Gasteiger partial charge is 0.224 e. The molecule has 98 valence electrons. The Bertz CT molecular complexity index is 452. The van der Waals surface area contributed by atoms with Gasteiger partial charge in [0.15, 0.2) is 0 Å². The van der Waals surface area contributed by atoms with Crippen LogP contribution in [-0.2, 0) is 4.79 Å². The summed E-state index contributed by atoms with van der Waals surface area (Å²) in [5, 5.41) is 3.18. The van der Waals surface area contributed by atoms with Crippen molar-refractivity contribution in [2.24, 2.45) is 5.92 Å². The predicted octanol–water partition coefficient (Wildman–Crippen LogP) is 1.40. The van der Waals surface area contributed by atoms with E-state index in [1.54, 1.807) is 7.05 Å². The van der Waals surface area contributed by atoms with E-state index in [9.17, 15) is 4.79 Å². The fourth-order valence-corrected chi connectivity index (χ4v) is 2.45. The lowest BCUT2D eigenvalue weighted by atomic mass is 9.97. The summed E-state index contributed by atoms with van der Waals surface area (Å²) in [4.78, 5) is 22.1. The van der Waals surface area contributed by atoms with Crippen LogP contribution in [0.3, 0.4) is 0 Å². The summed E-state index contributed by atoms with van der Waals surface area (Å²) in [5.41, 5.74) is 0.872. The van der Waals surface area contributed by atoms with Gasteiger partial charge in [0.2, 0.25) is 5.91 Å². The Kier molecular flexibility index (Phi) is 4.01. The van der Waals surface area contributed by atoms with Gasteiger partial charge in [-0.15, -0.1) is 0 Å². The van der Waals surface area contributed by atoms with E-state index in [0.29, 0.717) is 11.7 Å². The number of nitrogens with one attached hydrogen (secondary N) is 1. The minimum absolute atomic E-state index is 0.0249.